The van der Waals surface area contributed by atoms with E-state index in [2.05, 4.69) is 0 Å². The molecule has 0 spiro atoms. The highest BCUT2D eigenvalue weighted by Gasteiger charge is 2.44. The number of hydrogen-bond acceptors (Lipinski definition) is 2. The van der Waals surface area contributed by atoms with Gasteiger partial charge in [-0.3, -0.25) is 0 Å². The minimum atomic E-state index is -4.56. The van der Waals surface area contributed by atoms with Crippen molar-refractivity contribution in [1.82, 2.24) is 0 Å². The van der Waals surface area contributed by atoms with E-state index in [9.17, 15) is 21.6 Å². The molecule has 1 rings (SSSR count). The average Bonchev–Trinajstić information content (AvgIpc) is 1.97. The van der Waals surface area contributed by atoms with Crippen molar-refractivity contribution in [3.63, 3.8) is 0 Å². The molecule has 0 aromatic rings. The third-order valence-corrected chi connectivity index (χ3v) is 4.38. The first kappa shape index (κ1) is 13.9. The Morgan fingerprint density at radius 1 is 1.44 bits per heavy atom. The van der Waals surface area contributed by atoms with Gasteiger partial charge in [0.25, 0.3) is 0 Å². The summed E-state index contributed by atoms with van der Waals surface area (Å²) >= 11 is 5.73. The van der Waals surface area contributed by atoms with Crippen molar-refractivity contribution in [2.24, 2.45) is 0 Å². The minimum Gasteiger partial charge on any atom is -0.212 e. The number of halogens is 5. The van der Waals surface area contributed by atoms with Crippen LogP contribution < -0.4 is 0 Å². The predicted molar refractivity (Wildman–Crippen MR) is 56.1 cm³/mol. The standard InChI is InChI=1S/C8H7Cl2F3O2S/c1-7(9)4-5(8(11,12)13)2-3-6(7)16(10,14)15/h2-4,6H,1H3. The van der Waals surface area contributed by atoms with Gasteiger partial charge in [0.15, 0.2) is 0 Å². The van der Waals surface area contributed by atoms with Crippen molar-refractivity contribution in [3.05, 3.63) is 23.8 Å². The van der Waals surface area contributed by atoms with Gasteiger partial charge in [-0.1, -0.05) is 18.2 Å². The fourth-order valence-electron chi connectivity index (χ4n) is 1.36. The van der Waals surface area contributed by atoms with Gasteiger partial charge in [-0.2, -0.15) is 13.2 Å². The normalized spacial score (nSPS) is 31.4. The molecular weight excluding hydrogens is 288 g/mol. The maximum atomic E-state index is 12.3. The Hall–Kier alpha value is -0.200. The van der Waals surface area contributed by atoms with Crippen LogP contribution in [0.1, 0.15) is 6.92 Å². The van der Waals surface area contributed by atoms with Gasteiger partial charge in [0.1, 0.15) is 5.25 Å². The Morgan fingerprint density at radius 3 is 2.25 bits per heavy atom. The van der Waals surface area contributed by atoms with Crippen LogP contribution in [0.5, 0.6) is 0 Å². The molecule has 0 N–H and O–H groups in total. The van der Waals surface area contributed by atoms with Gasteiger partial charge in [0.2, 0.25) is 9.05 Å². The summed E-state index contributed by atoms with van der Waals surface area (Å²) in [5.74, 6) is 0. The van der Waals surface area contributed by atoms with Crippen molar-refractivity contribution in [1.29, 1.82) is 0 Å². The highest BCUT2D eigenvalue weighted by molar-refractivity contribution is 8.14. The van der Waals surface area contributed by atoms with Crippen LogP contribution >= 0.6 is 22.3 Å². The van der Waals surface area contributed by atoms with Gasteiger partial charge in [0.05, 0.1) is 10.4 Å². The summed E-state index contributed by atoms with van der Waals surface area (Å²) in [6, 6.07) is 0. The number of allylic oxidation sites excluding steroid dienone is 3. The van der Waals surface area contributed by atoms with Crippen LogP contribution in [0.2, 0.25) is 0 Å². The van der Waals surface area contributed by atoms with Gasteiger partial charge in [-0.05, 0) is 6.92 Å². The smallest absolute Gasteiger partial charge is 0.212 e. The van der Waals surface area contributed by atoms with E-state index >= 15 is 0 Å². The van der Waals surface area contributed by atoms with Gasteiger partial charge in [-0.15, -0.1) is 11.6 Å². The molecule has 0 radical (unpaired) electrons. The molecule has 92 valence electrons. The van der Waals surface area contributed by atoms with E-state index in [1.165, 1.54) is 0 Å². The largest absolute Gasteiger partial charge is 0.416 e. The first-order chi connectivity index (χ1) is 6.94. The average molecular weight is 295 g/mol. The SMILES string of the molecule is CC1(Cl)C=C(C(F)(F)F)C=CC1S(=O)(=O)Cl. The lowest BCUT2D eigenvalue weighted by Crippen LogP contribution is -2.38. The van der Waals surface area contributed by atoms with Gasteiger partial charge in [-0.25, -0.2) is 8.42 Å². The Labute approximate surface area is 100 Å². The molecule has 0 bridgehead atoms. The lowest BCUT2D eigenvalue weighted by atomic mass is 9.96. The molecule has 0 aliphatic heterocycles. The fraction of sp³-hybridized carbons (Fsp3) is 0.500. The van der Waals surface area contributed by atoms with Crippen molar-refractivity contribution < 1.29 is 21.6 Å². The lowest BCUT2D eigenvalue weighted by Gasteiger charge is -2.28. The quantitative estimate of drug-likeness (QED) is 0.550. The van der Waals surface area contributed by atoms with E-state index in [0.29, 0.717) is 12.2 Å². The number of alkyl halides is 4. The zero-order valence-corrected chi connectivity index (χ0v) is 10.3. The summed E-state index contributed by atoms with van der Waals surface area (Å²) < 4.78 is 59.2. The van der Waals surface area contributed by atoms with Crippen molar-refractivity contribution in [3.8, 4) is 0 Å². The monoisotopic (exact) mass is 294 g/mol. The fourth-order valence-corrected chi connectivity index (χ4v) is 3.66. The summed E-state index contributed by atoms with van der Waals surface area (Å²) in [7, 11) is 1.02. The van der Waals surface area contributed by atoms with Crippen molar-refractivity contribution in [2.75, 3.05) is 0 Å². The maximum absolute atomic E-state index is 12.3. The second-order valence-corrected chi connectivity index (χ2v) is 7.07. The molecule has 1 aliphatic carbocycles. The highest BCUT2D eigenvalue weighted by atomic mass is 35.7. The lowest BCUT2D eigenvalue weighted by molar-refractivity contribution is -0.0887. The third kappa shape index (κ3) is 2.93. The van der Waals surface area contributed by atoms with Crippen LogP contribution in [0.4, 0.5) is 13.2 Å². The predicted octanol–water partition coefficient (Wildman–Crippen LogP) is 2.98. The van der Waals surface area contributed by atoms with Gasteiger partial charge in [0, 0.05) is 10.7 Å². The molecule has 2 atom stereocenters. The van der Waals surface area contributed by atoms with E-state index < -0.39 is 30.9 Å². The molecule has 2 nitrogen and oxygen atoms in total. The Balaban J connectivity index is 3.18. The maximum Gasteiger partial charge on any atom is 0.416 e. The second kappa shape index (κ2) is 3.92. The van der Waals surface area contributed by atoms with Crippen LogP contribution in [-0.4, -0.2) is 24.7 Å². The van der Waals surface area contributed by atoms with E-state index in [1.54, 1.807) is 0 Å². The molecule has 0 fully saturated rings. The molecule has 16 heavy (non-hydrogen) atoms. The summed E-state index contributed by atoms with van der Waals surface area (Å²) in [5, 5.41) is -1.38. The summed E-state index contributed by atoms with van der Waals surface area (Å²) in [5.41, 5.74) is -0.985. The molecule has 0 saturated heterocycles. The van der Waals surface area contributed by atoms with Crippen LogP contribution in [-0.2, 0) is 9.05 Å². The zero-order valence-electron chi connectivity index (χ0n) is 7.92. The first-order valence-electron chi connectivity index (χ1n) is 4.05. The third-order valence-electron chi connectivity index (χ3n) is 2.08. The van der Waals surface area contributed by atoms with E-state index in [4.69, 9.17) is 22.3 Å². The molecule has 0 heterocycles. The Kier molecular flexibility index (Phi) is 3.40. The minimum absolute atomic E-state index is 0.652. The van der Waals surface area contributed by atoms with Crippen molar-refractivity contribution >= 4 is 31.3 Å². The van der Waals surface area contributed by atoms with Gasteiger partial charge < -0.3 is 0 Å². The zero-order chi connectivity index (χ0) is 12.8. The Morgan fingerprint density at radius 2 is 1.94 bits per heavy atom. The molecule has 0 aromatic heterocycles. The first-order valence-corrected chi connectivity index (χ1v) is 6.80. The number of hydrogen-bond donors (Lipinski definition) is 0. The van der Waals surface area contributed by atoms with Crippen LogP contribution in [0.15, 0.2) is 23.8 Å². The molecule has 1 aliphatic rings. The summed E-state index contributed by atoms with van der Waals surface area (Å²) in [4.78, 5) is -1.71. The molecule has 0 saturated carbocycles. The topological polar surface area (TPSA) is 34.1 Å². The molecule has 0 amide bonds. The van der Waals surface area contributed by atoms with Crippen LogP contribution in [0.25, 0.3) is 0 Å². The van der Waals surface area contributed by atoms with E-state index in [0.717, 1.165) is 13.0 Å². The highest BCUT2D eigenvalue weighted by Crippen LogP contribution is 2.39. The van der Waals surface area contributed by atoms with Crippen LogP contribution in [0, 0.1) is 0 Å². The Bertz CT molecular complexity index is 448. The van der Waals surface area contributed by atoms with E-state index in [1.807, 2.05) is 0 Å². The number of rotatable bonds is 1. The van der Waals surface area contributed by atoms with Gasteiger partial charge >= 0.3 is 6.18 Å². The molecular formula is C8H7Cl2F3O2S. The van der Waals surface area contributed by atoms with E-state index in [-0.39, 0.29) is 0 Å². The summed E-state index contributed by atoms with van der Waals surface area (Å²) in [6.07, 6.45) is -2.40. The molecule has 8 heteroatoms. The molecule has 2 unspecified atom stereocenters. The summed E-state index contributed by atoms with van der Waals surface area (Å²) in [6.45, 7) is 1.16. The second-order valence-electron chi connectivity index (χ2n) is 3.50. The van der Waals surface area contributed by atoms with Crippen molar-refractivity contribution in [2.45, 2.75) is 23.2 Å². The molecule has 0 aromatic carbocycles. The van der Waals surface area contributed by atoms with Crippen LogP contribution in [0.3, 0.4) is 0 Å².